The van der Waals surface area contributed by atoms with Crippen molar-refractivity contribution in [2.24, 2.45) is 5.73 Å². The molecular weight excluding hydrogens is 234 g/mol. The molecule has 1 fully saturated rings. The van der Waals surface area contributed by atoms with E-state index in [1.54, 1.807) is 0 Å². The summed E-state index contributed by atoms with van der Waals surface area (Å²) in [6.45, 7) is 2.19. The zero-order valence-electron chi connectivity index (χ0n) is 9.88. The summed E-state index contributed by atoms with van der Waals surface area (Å²) >= 11 is 6.14. The summed E-state index contributed by atoms with van der Waals surface area (Å²) in [6.07, 6.45) is 5.11. The fourth-order valence-corrected chi connectivity index (χ4v) is 2.52. The number of nitrogens with zero attached hydrogens (tertiary/aromatic N) is 1. The molecule has 0 atom stereocenters. The number of nitrogen functional groups attached to an aromatic ring is 1. The molecule has 1 aliphatic rings. The van der Waals surface area contributed by atoms with Crippen LogP contribution in [0, 0.1) is 5.41 Å². The smallest absolute Gasteiger partial charge is 0.124 e. The Morgan fingerprint density at radius 1 is 1.18 bits per heavy atom. The van der Waals surface area contributed by atoms with Crippen LogP contribution in [0.3, 0.4) is 0 Å². The Kier molecular flexibility index (Phi) is 3.89. The number of amidine groups is 1. The molecule has 92 valence electrons. The second kappa shape index (κ2) is 5.41. The van der Waals surface area contributed by atoms with Crippen molar-refractivity contribution in [2.75, 3.05) is 18.0 Å². The van der Waals surface area contributed by atoms with E-state index in [0.717, 1.165) is 18.8 Å². The van der Waals surface area contributed by atoms with Crippen LogP contribution in [0.25, 0.3) is 0 Å². The van der Waals surface area contributed by atoms with Crippen LogP contribution in [0.15, 0.2) is 18.2 Å². The van der Waals surface area contributed by atoms with Crippen LogP contribution in [0.5, 0.6) is 0 Å². The molecule has 3 nitrogen and oxygen atoms in total. The molecular formula is C13H18ClN3. The van der Waals surface area contributed by atoms with E-state index >= 15 is 0 Å². The van der Waals surface area contributed by atoms with Crippen LogP contribution in [-0.4, -0.2) is 18.9 Å². The lowest BCUT2D eigenvalue weighted by Gasteiger charge is -2.23. The highest BCUT2D eigenvalue weighted by Gasteiger charge is 2.12. The summed E-state index contributed by atoms with van der Waals surface area (Å²) in [5.41, 5.74) is 7.21. The Morgan fingerprint density at radius 2 is 1.82 bits per heavy atom. The number of nitrogens with one attached hydrogen (secondary N) is 1. The molecule has 0 amide bonds. The number of nitrogens with two attached hydrogens (primary N) is 1. The zero-order chi connectivity index (χ0) is 12.3. The first kappa shape index (κ1) is 12.2. The summed E-state index contributed by atoms with van der Waals surface area (Å²) in [7, 11) is 0. The van der Waals surface area contributed by atoms with Crippen molar-refractivity contribution < 1.29 is 0 Å². The van der Waals surface area contributed by atoms with Gasteiger partial charge in [0, 0.05) is 24.3 Å². The number of benzene rings is 1. The first-order valence-corrected chi connectivity index (χ1v) is 6.45. The third kappa shape index (κ3) is 2.91. The van der Waals surface area contributed by atoms with Gasteiger partial charge in [0.1, 0.15) is 5.84 Å². The minimum absolute atomic E-state index is 0.0254. The maximum absolute atomic E-state index is 7.41. The lowest BCUT2D eigenvalue weighted by Crippen LogP contribution is -2.24. The summed E-state index contributed by atoms with van der Waals surface area (Å²) in [5.74, 6) is 0.0254. The maximum atomic E-state index is 7.41. The van der Waals surface area contributed by atoms with Crippen LogP contribution >= 0.6 is 11.6 Å². The van der Waals surface area contributed by atoms with E-state index in [1.807, 2.05) is 18.2 Å². The van der Waals surface area contributed by atoms with Gasteiger partial charge in [-0.1, -0.05) is 24.4 Å². The molecule has 0 aliphatic carbocycles. The molecule has 0 bridgehead atoms. The molecule has 1 saturated heterocycles. The first-order valence-electron chi connectivity index (χ1n) is 6.07. The number of rotatable bonds is 2. The van der Waals surface area contributed by atoms with E-state index in [4.69, 9.17) is 22.7 Å². The highest BCUT2D eigenvalue weighted by Crippen LogP contribution is 2.25. The maximum Gasteiger partial charge on any atom is 0.124 e. The van der Waals surface area contributed by atoms with E-state index in [1.165, 1.54) is 25.7 Å². The molecule has 1 heterocycles. The van der Waals surface area contributed by atoms with Gasteiger partial charge in [0.05, 0.1) is 5.02 Å². The molecule has 0 spiro atoms. The summed E-state index contributed by atoms with van der Waals surface area (Å²) < 4.78 is 0. The van der Waals surface area contributed by atoms with Crippen LogP contribution in [0.2, 0.25) is 5.02 Å². The highest BCUT2D eigenvalue weighted by atomic mass is 35.5. The van der Waals surface area contributed by atoms with Gasteiger partial charge in [-0.25, -0.2) is 0 Å². The number of anilines is 1. The van der Waals surface area contributed by atoms with Crippen molar-refractivity contribution in [3.8, 4) is 0 Å². The fraction of sp³-hybridized carbons (Fsp3) is 0.462. The monoisotopic (exact) mass is 251 g/mol. The minimum atomic E-state index is 0.0254. The lowest BCUT2D eigenvalue weighted by molar-refractivity contribution is 0.726. The topological polar surface area (TPSA) is 53.1 Å². The SMILES string of the molecule is N=C(N)c1ccc(N2CCCCCC2)cc1Cl. The average Bonchev–Trinajstić information content (AvgIpc) is 2.56. The van der Waals surface area contributed by atoms with E-state index in [2.05, 4.69) is 4.90 Å². The van der Waals surface area contributed by atoms with Gasteiger partial charge in [-0.05, 0) is 31.0 Å². The largest absolute Gasteiger partial charge is 0.384 e. The first-order chi connectivity index (χ1) is 8.18. The van der Waals surface area contributed by atoms with Crippen molar-refractivity contribution in [3.63, 3.8) is 0 Å². The second-order valence-electron chi connectivity index (χ2n) is 4.48. The third-order valence-corrected chi connectivity index (χ3v) is 3.53. The van der Waals surface area contributed by atoms with E-state index in [9.17, 15) is 0 Å². The van der Waals surface area contributed by atoms with Crippen LogP contribution in [-0.2, 0) is 0 Å². The van der Waals surface area contributed by atoms with Crippen LogP contribution in [0.1, 0.15) is 31.2 Å². The summed E-state index contributed by atoms with van der Waals surface area (Å²) in [6, 6.07) is 5.77. The predicted molar refractivity (Wildman–Crippen MR) is 73.1 cm³/mol. The Hall–Kier alpha value is -1.22. The Balaban J connectivity index is 2.21. The van der Waals surface area contributed by atoms with Crippen molar-refractivity contribution in [2.45, 2.75) is 25.7 Å². The van der Waals surface area contributed by atoms with Gasteiger partial charge in [0.15, 0.2) is 0 Å². The molecule has 0 unspecified atom stereocenters. The van der Waals surface area contributed by atoms with Crippen LogP contribution in [0.4, 0.5) is 5.69 Å². The molecule has 1 aliphatic heterocycles. The van der Waals surface area contributed by atoms with Crippen molar-refractivity contribution >= 4 is 23.1 Å². The standard InChI is InChI=1S/C13H18ClN3/c14-12-9-10(5-6-11(12)13(15)16)17-7-3-1-2-4-8-17/h5-6,9H,1-4,7-8H2,(H3,15,16). The molecule has 0 radical (unpaired) electrons. The molecule has 1 aromatic rings. The molecule has 0 aromatic heterocycles. The molecule has 3 N–H and O–H groups in total. The quantitative estimate of drug-likeness (QED) is 0.627. The summed E-state index contributed by atoms with van der Waals surface area (Å²) in [4.78, 5) is 2.36. The zero-order valence-corrected chi connectivity index (χ0v) is 10.6. The molecule has 0 saturated carbocycles. The van der Waals surface area contributed by atoms with Gasteiger partial charge in [0.2, 0.25) is 0 Å². The van der Waals surface area contributed by atoms with Gasteiger partial charge in [-0.3, -0.25) is 5.41 Å². The van der Waals surface area contributed by atoms with E-state index in [0.29, 0.717) is 10.6 Å². The Labute approximate surface area is 107 Å². The predicted octanol–water partition coefficient (Wildman–Crippen LogP) is 3.00. The molecule has 17 heavy (non-hydrogen) atoms. The van der Waals surface area contributed by atoms with Crippen molar-refractivity contribution in [1.29, 1.82) is 5.41 Å². The molecule has 4 heteroatoms. The highest BCUT2D eigenvalue weighted by molar-refractivity contribution is 6.34. The van der Waals surface area contributed by atoms with Gasteiger partial charge in [0.25, 0.3) is 0 Å². The lowest BCUT2D eigenvalue weighted by atomic mass is 10.1. The van der Waals surface area contributed by atoms with Gasteiger partial charge < -0.3 is 10.6 Å². The third-order valence-electron chi connectivity index (χ3n) is 3.21. The number of hydrogen-bond acceptors (Lipinski definition) is 2. The molecule has 1 aromatic carbocycles. The number of hydrogen-bond donors (Lipinski definition) is 2. The van der Waals surface area contributed by atoms with Crippen molar-refractivity contribution in [3.05, 3.63) is 28.8 Å². The second-order valence-corrected chi connectivity index (χ2v) is 4.89. The van der Waals surface area contributed by atoms with Gasteiger partial charge in [-0.2, -0.15) is 0 Å². The minimum Gasteiger partial charge on any atom is -0.384 e. The normalized spacial score (nSPS) is 16.6. The van der Waals surface area contributed by atoms with Gasteiger partial charge >= 0.3 is 0 Å². The van der Waals surface area contributed by atoms with E-state index in [-0.39, 0.29) is 5.84 Å². The Morgan fingerprint density at radius 3 is 2.35 bits per heavy atom. The Bertz CT molecular complexity index is 409. The van der Waals surface area contributed by atoms with Crippen molar-refractivity contribution in [1.82, 2.24) is 0 Å². The number of halogens is 1. The van der Waals surface area contributed by atoms with Crippen LogP contribution < -0.4 is 10.6 Å². The average molecular weight is 252 g/mol. The van der Waals surface area contributed by atoms with Gasteiger partial charge in [-0.15, -0.1) is 0 Å². The molecule has 2 rings (SSSR count). The fourth-order valence-electron chi connectivity index (χ4n) is 2.25. The summed E-state index contributed by atoms with van der Waals surface area (Å²) in [5, 5.41) is 7.97. The van der Waals surface area contributed by atoms with E-state index < -0.39 is 0 Å².